The third kappa shape index (κ3) is 3.93. The summed E-state index contributed by atoms with van der Waals surface area (Å²) in [6.45, 7) is 2.24. The van der Waals surface area contributed by atoms with Gasteiger partial charge in [-0.25, -0.2) is 17.5 Å². The molecule has 4 rings (SSSR count). The van der Waals surface area contributed by atoms with Gasteiger partial charge in [0.2, 0.25) is 10.0 Å². The lowest BCUT2D eigenvalue weighted by Crippen LogP contribution is -2.34. The number of nitrogens with zero attached hydrogens (tertiary/aromatic N) is 3. The van der Waals surface area contributed by atoms with E-state index in [1.807, 2.05) is 0 Å². The Balaban J connectivity index is 1.62. The molecule has 1 aromatic heterocycles. The predicted molar refractivity (Wildman–Crippen MR) is 113 cm³/mol. The van der Waals surface area contributed by atoms with Crippen LogP contribution in [0.5, 0.6) is 0 Å². The molecule has 3 aromatic rings. The summed E-state index contributed by atoms with van der Waals surface area (Å²) in [4.78, 5) is 12.9. The molecule has 0 saturated carbocycles. The molecule has 0 aliphatic carbocycles. The molecule has 1 amide bonds. The molecule has 2 aromatic carbocycles. The van der Waals surface area contributed by atoms with Gasteiger partial charge in [0.25, 0.3) is 5.91 Å². The van der Waals surface area contributed by atoms with Crippen LogP contribution in [-0.4, -0.2) is 36.9 Å². The van der Waals surface area contributed by atoms with Crippen LogP contribution in [0.3, 0.4) is 0 Å². The van der Waals surface area contributed by atoms with Crippen molar-refractivity contribution >= 4 is 27.4 Å². The van der Waals surface area contributed by atoms with Crippen molar-refractivity contribution < 1.29 is 17.6 Å². The number of benzene rings is 2. The van der Waals surface area contributed by atoms with Crippen LogP contribution < -0.4 is 9.62 Å². The van der Waals surface area contributed by atoms with Gasteiger partial charge in [-0.1, -0.05) is 0 Å². The summed E-state index contributed by atoms with van der Waals surface area (Å²) >= 11 is 0. The molecule has 1 aliphatic rings. The zero-order chi connectivity index (χ0) is 21.5. The number of rotatable bonds is 4. The highest BCUT2D eigenvalue weighted by Gasteiger charge is 2.25. The monoisotopic (exact) mass is 428 g/mol. The first kappa shape index (κ1) is 20.1. The Kier molecular flexibility index (Phi) is 5.07. The minimum Gasteiger partial charge on any atom is -0.306 e. The van der Waals surface area contributed by atoms with E-state index in [0.717, 1.165) is 5.56 Å². The van der Waals surface area contributed by atoms with Gasteiger partial charge in [0, 0.05) is 18.2 Å². The van der Waals surface area contributed by atoms with E-state index in [1.54, 1.807) is 43.3 Å². The maximum atomic E-state index is 13.2. The fourth-order valence-corrected chi connectivity index (χ4v) is 4.60. The maximum Gasteiger partial charge on any atom is 0.256 e. The molecule has 0 atom stereocenters. The summed E-state index contributed by atoms with van der Waals surface area (Å²) < 4.78 is 40.2. The Hall–Kier alpha value is -3.20. The number of hydrogen-bond donors (Lipinski definition) is 1. The molecule has 0 unspecified atom stereocenters. The molecule has 7 nitrogen and oxygen atoms in total. The third-order valence-electron chi connectivity index (χ3n) is 4.96. The number of halogens is 1. The van der Waals surface area contributed by atoms with E-state index in [-0.39, 0.29) is 11.7 Å². The number of fused-ring (bicyclic) bond motifs is 1. The lowest BCUT2D eigenvalue weighted by atomic mass is 10.0. The number of aromatic nitrogens is 2. The van der Waals surface area contributed by atoms with Gasteiger partial charge in [-0.2, -0.15) is 5.10 Å². The van der Waals surface area contributed by atoms with Crippen molar-refractivity contribution in [1.82, 2.24) is 9.78 Å². The maximum absolute atomic E-state index is 13.2. The van der Waals surface area contributed by atoms with Gasteiger partial charge < -0.3 is 5.32 Å². The van der Waals surface area contributed by atoms with Crippen molar-refractivity contribution in [2.24, 2.45) is 0 Å². The molecule has 30 heavy (non-hydrogen) atoms. The van der Waals surface area contributed by atoms with Gasteiger partial charge >= 0.3 is 0 Å². The smallest absolute Gasteiger partial charge is 0.256 e. The first-order chi connectivity index (χ1) is 14.2. The van der Waals surface area contributed by atoms with Crippen molar-refractivity contribution in [2.45, 2.75) is 19.8 Å². The number of aryl methyl sites for hydroxylation is 2. The van der Waals surface area contributed by atoms with E-state index in [9.17, 15) is 17.6 Å². The molecular weight excluding hydrogens is 407 g/mol. The van der Waals surface area contributed by atoms with Crippen molar-refractivity contribution in [3.63, 3.8) is 0 Å². The van der Waals surface area contributed by atoms with Crippen molar-refractivity contribution in [3.05, 3.63) is 71.2 Å². The molecule has 2 heterocycles. The SMILES string of the molecule is Cc1cc(NC(=O)c2ccc3c(c2)CCCN3S(C)(=O)=O)n(-c2ccc(F)cc2)n1. The molecular formula is C21H21FN4O3S. The van der Waals surface area contributed by atoms with Crippen LogP contribution in [0.1, 0.15) is 28.0 Å². The molecule has 156 valence electrons. The number of anilines is 2. The normalized spacial score (nSPS) is 13.8. The molecule has 0 saturated heterocycles. The van der Waals surface area contributed by atoms with E-state index in [4.69, 9.17) is 0 Å². The van der Waals surface area contributed by atoms with Crippen LogP contribution in [0, 0.1) is 12.7 Å². The van der Waals surface area contributed by atoms with Gasteiger partial charge in [0.1, 0.15) is 11.6 Å². The Morgan fingerprint density at radius 1 is 1.13 bits per heavy atom. The average Bonchev–Trinajstić information content (AvgIpc) is 3.07. The van der Waals surface area contributed by atoms with Gasteiger partial charge in [-0.05, 0) is 67.8 Å². The van der Waals surface area contributed by atoms with Crippen LogP contribution in [0.4, 0.5) is 15.9 Å². The first-order valence-corrected chi connectivity index (χ1v) is 11.3. The molecule has 1 aliphatic heterocycles. The molecule has 0 spiro atoms. The number of carbonyl (C=O) groups is 1. The number of sulfonamides is 1. The minimum atomic E-state index is -3.36. The van der Waals surface area contributed by atoms with E-state index < -0.39 is 10.0 Å². The molecule has 9 heteroatoms. The highest BCUT2D eigenvalue weighted by atomic mass is 32.2. The van der Waals surface area contributed by atoms with E-state index in [2.05, 4.69) is 10.4 Å². The first-order valence-electron chi connectivity index (χ1n) is 9.47. The second-order valence-electron chi connectivity index (χ2n) is 7.30. The second kappa shape index (κ2) is 7.56. The number of hydrogen-bond acceptors (Lipinski definition) is 4. The fourth-order valence-electron chi connectivity index (χ4n) is 3.60. The third-order valence-corrected chi connectivity index (χ3v) is 6.14. The van der Waals surface area contributed by atoms with Gasteiger partial charge in [-0.3, -0.25) is 9.10 Å². The standard InChI is InChI=1S/C21H21FN4O3S/c1-14-12-20(26(24-14)18-8-6-17(22)7-9-18)23-21(27)16-5-10-19-15(13-16)4-3-11-25(19)30(2,28)29/h5-10,12-13H,3-4,11H2,1-2H3,(H,23,27). The van der Waals surface area contributed by atoms with Crippen LogP contribution in [-0.2, 0) is 16.4 Å². The summed E-state index contributed by atoms with van der Waals surface area (Å²) in [5.74, 6) is -0.234. The summed E-state index contributed by atoms with van der Waals surface area (Å²) in [7, 11) is -3.36. The van der Waals surface area contributed by atoms with E-state index >= 15 is 0 Å². The largest absolute Gasteiger partial charge is 0.306 e. The van der Waals surface area contributed by atoms with Crippen molar-refractivity contribution in [3.8, 4) is 5.69 Å². The lowest BCUT2D eigenvalue weighted by molar-refractivity contribution is 0.102. The number of nitrogens with one attached hydrogen (secondary N) is 1. The molecule has 0 radical (unpaired) electrons. The van der Waals surface area contributed by atoms with Crippen LogP contribution in [0.2, 0.25) is 0 Å². The van der Waals surface area contributed by atoms with Crippen molar-refractivity contribution in [1.29, 1.82) is 0 Å². The Labute approximate surface area is 174 Å². The zero-order valence-corrected chi connectivity index (χ0v) is 17.4. The quantitative estimate of drug-likeness (QED) is 0.691. The summed E-state index contributed by atoms with van der Waals surface area (Å²) in [6.07, 6.45) is 2.58. The number of carbonyl (C=O) groups excluding carboxylic acids is 1. The Morgan fingerprint density at radius 2 is 1.87 bits per heavy atom. The van der Waals surface area contributed by atoms with Crippen molar-refractivity contribution in [2.75, 3.05) is 22.4 Å². The second-order valence-corrected chi connectivity index (χ2v) is 9.20. The molecule has 0 fully saturated rings. The van der Waals surface area contributed by atoms with E-state index in [1.165, 1.54) is 27.4 Å². The zero-order valence-electron chi connectivity index (χ0n) is 16.6. The fraction of sp³-hybridized carbons (Fsp3) is 0.238. The molecule has 1 N–H and O–H groups in total. The topological polar surface area (TPSA) is 84.3 Å². The van der Waals surface area contributed by atoms with Gasteiger partial charge in [-0.15, -0.1) is 0 Å². The summed E-state index contributed by atoms with van der Waals surface area (Å²) in [5.41, 5.74) is 3.18. The predicted octanol–water partition coefficient (Wildman–Crippen LogP) is 3.28. The highest BCUT2D eigenvalue weighted by molar-refractivity contribution is 7.92. The van der Waals surface area contributed by atoms with Gasteiger partial charge in [0.05, 0.1) is 23.3 Å². The highest BCUT2D eigenvalue weighted by Crippen LogP contribution is 2.30. The molecule has 0 bridgehead atoms. The Bertz CT molecular complexity index is 1220. The van der Waals surface area contributed by atoms with E-state index in [0.29, 0.717) is 47.8 Å². The van der Waals surface area contributed by atoms with Crippen LogP contribution in [0.15, 0.2) is 48.5 Å². The average molecular weight is 428 g/mol. The van der Waals surface area contributed by atoms with Crippen LogP contribution >= 0.6 is 0 Å². The summed E-state index contributed by atoms with van der Waals surface area (Å²) in [6, 6.07) is 12.6. The lowest BCUT2D eigenvalue weighted by Gasteiger charge is -2.29. The minimum absolute atomic E-state index is 0.336. The van der Waals surface area contributed by atoms with Gasteiger partial charge in [0.15, 0.2) is 0 Å². The number of amides is 1. The Morgan fingerprint density at radius 3 is 2.57 bits per heavy atom. The summed E-state index contributed by atoms with van der Waals surface area (Å²) in [5, 5.41) is 7.22. The van der Waals surface area contributed by atoms with Crippen LogP contribution in [0.25, 0.3) is 5.69 Å².